The molecule has 130 valence electrons. The summed E-state index contributed by atoms with van der Waals surface area (Å²) in [5.41, 5.74) is 5.06. The third-order valence-corrected chi connectivity index (χ3v) is 3.79. The standard InChI is InChI=1S/C16H20N2O6/c1-16(17,8-10-5-6-11(19)12(20)7-10)15(23)24-9-18-13(21)3-2-4-14(18)22/h5-7,19-20H,2-4,8-9,17H2,1H3. The summed E-state index contributed by atoms with van der Waals surface area (Å²) in [6, 6.07) is 4.10. The first kappa shape index (κ1) is 17.7. The molecular formula is C16H20N2O6. The van der Waals surface area contributed by atoms with Crippen molar-refractivity contribution in [3.63, 3.8) is 0 Å². The highest BCUT2D eigenvalue weighted by atomic mass is 16.5. The predicted octanol–water partition coefficient (Wildman–Crippen LogP) is 0.397. The van der Waals surface area contributed by atoms with Gasteiger partial charge in [-0.1, -0.05) is 6.07 Å². The largest absolute Gasteiger partial charge is 0.504 e. The highest BCUT2D eigenvalue weighted by Crippen LogP contribution is 2.26. The molecule has 1 aliphatic rings. The molecule has 0 saturated carbocycles. The summed E-state index contributed by atoms with van der Waals surface area (Å²) in [5.74, 6) is -2.12. The summed E-state index contributed by atoms with van der Waals surface area (Å²) in [6.45, 7) is 0.989. The van der Waals surface area contributed by atoms with Crippen molar-refractivity contribution in [1.82, 2.24) is 4.90 Å². The number of nitrogens with zero attached hydrogens (tertiary/aromatic N) is 1. The SMILES string of the molecule is CC(N)(Cc1ccc(O)c(O)c1)C(=O)OCN1C(=O)CCCC1=O. The van der Waals surface area contributed by atoms with Crippen LogP contribution < -0.4 is 5.73 Å². The number of aromatic hydroxyl groups is 2. The van der Waals surface area contributed by atoms with Crippen molar-refractivity contribution in [2.45, 2.75) is 38.1 Å². The Hall–Kier alpha value is -2.61. The lowest BCUT2D eigenvalue weighted by Crippen LogP contribution is -2.50. The predicted molar refractivity (Wildman–Crippen MR) is 82.7 cm³/mol. The second kappa shape index (κ2) is 6.88. The molecule has 0 aliphatic carbocycles. The Morgan fingerprint density at radius 1 is 1.25 bits per heavy atom. The second-order valence-corrected chi connectivity index (χ2v) is 6.05. The Morgan fingerprint density at radius 2 is 1.88 bits per heavy atom. The van der Waals surface area contributed by atoms with Crippen LogP contribution in [0.3, 0.4) is 0 Å². The number of imide groups is 1. The van der Waals surface area contributed by atoms with Gasteiger partial charge in [0.2, 0.25) is 11.8 Å². The Balaban J connectivity index is 1.98. The lowest BCUT2D eigenvalue weighted by molar-refractivity contribution is -0.164. The molecule has 0 radical (unpaired) electrons. The zero-order valence-electron chi connectivity index (χ0n) is 13.3. The number of phenolic OH excluding ortho intramolecular Hbond substituents is 2. The summed E-state index contributed by atoms with van der Waals surface area (Å²) in [6.07, 6.45) is 1.04. The van der Waals surface area contributed by atoms with E-state index in [-0.39, 0.29) is 42.6 Å². The van der Waals surface area contributed by atoms with Crippen molar-refractivity contribution in [2.75, 3.05) is 6.73 Å². The van der Waals surface area contributed by atoms with Crippen molar-refractivity contribution < 1.29 is 29.3 Å². The minimum absolute atomic E-state index is 0.0432. The van der Waals surface area contributed by atoms with Crippen LogP contribution in [-0.2, 0) is 25.5 Å². The van der Waals surface area contributed by atoms with E-state index in [0.29, 0.717) is 12.0 Å². The number of phenols is 2. The fourth-order valence-electron chi connectivity index (χ4n) is 2.41. The fraction of sp³-hybridized carbons (Fsp3) is 0.438. The van der Waals surface area contributed by atoms with Crippen LogP contribution in [0.4, 0.5) is 0 Å². The molecule has 8 nitrogen and oxygen atoms in total. The first-order valence-electron chi connectivity index (χ1n) is 7.51. The van der Waals surface area contributed by atoms with Crippen molar-refractivity contribution in [2.24, 2.45) is 5.73 Å². The van der Waals surface area contributed by atoms with E-state index in [2.05, 4.69) is 0 Å². The molecule has 0 spiro atoms. The molecule has 1 heterocycles. The molecule has 0 aromatic heterocycles. The highest BCUT2D eigenvalue weighted by molar-refractivity contribution is 5.97. The van der Waals surface area contributed by atoms with Gasteiger partial charge in [0, 0.05) is 19.3 Å². The van der Waals surface area contributed by atoms with Crippen LogP contribution >= 0.6 is 0 Å². The van der Waals surface area contributed by atoms with E-state index in [1.54, 1.807) is 0 Å². The van der Waals surface area contributed by atoms with Gasteiger partial charge in [0.1, 0.15) is 5.54 Å². The number of hydrogen-bond donors (Lipinski definition) is 3. The second-order valence-electron chi connectivity index (χ2n) is 6.05. The molecule has 1 aliphatic heterocycles. The third kappa shape index (κ3) is 4.02. The minimum Gasteiger partial charge on any atom is -0.504 e. The first-order chi connectivity index (χ1) is 11.2. The first-order valence-corrected chi connectivity index (χ1v) is 7.51. The van der Waals surface area contributed by atoms with Gasteiger partial charge in [0.05, 0.1) is 0 Å². The van der Waals surface area contributed by atoms with Gasteiger partial charge < -0.3 is 20.7 Å². The van der Waals surface area contributed by atoms with E-state index in [1.165, 1.54) is 25.1 Å². The van der Waals surface area contributed by atoms with Gasteiger partial charge in [-0.2, -0.15) is 0 Å². The van der Waals surface area contributed by atoms with Gasteiger partial charge in [-0.25, -0.2) is 9.69 Å². The molecule has 1 aromatic carbocycles. The van der Waals surface area contributed by atoms with E-state index in [0.717, 1.165) is 4.90 Å². The van der Waals surface area contributed by atoms with E-state index >= 15 is 0 Å². The quantitative estimate of drug-likeness (QED) is 0.403. The Kier molecular flexibility index (Phi) is 5.08. The zero-order valence-corrected chi connectivity index (χ0v) is 13.3. The number of esters is 1. The number of hydrogen-bond acceptors (Lipinski definition) is 7. The number of carbonyl (C=O) groups excluding carboxylic acids is 3. The molecule has 1 unspecified atom stereocenters. The summed E-state index contributed by atoms with van der Waals surface area (Å²) in [7, 11) is 0. The van der Waals surface area contributed by atoms with Gasteiger partial charge in [0.15, 0.2) is 18.2 Å². The number of piperidine rings is 1. The summed E-state index contributed by atoms with van der Waals surface area (Å²) >= 11 is 0. The monoisotopic (exact) mass is 336 g/mol. The summed E-state index contributed by atoms with van der Waals surface area (Å²) in [5, 5.41) is 18.8. The van der Waals surface area contributed by atoms with Crippen molar-refractivity contribution >= 4 is 17.8 Å². The number of rotatable bonds is 5. The smallest absolute Gasteiger partial charge is 0.327 e. The third-order valence-electron chi connectivity index (χ3n) is 3.79. The molecule has 1 aromatic rings. The van der Waals surface area contributed by atoms with Crippen molar-refractivity contribution in [1.29, 1.82) is 0 Å². The van der Waals surface area contributed by atoms with Crippen molar-refractivity contribution in [3.05, 3.63) is 23.8 Å². The molecular weight excluding hydrogens is 316 g/mol. The highest BCUT2D eigenvalue weighted by Gasteiger charge is 2.33. The van der Waals surface area contributed by atoms with Gasteiger partial charge in [0.25, 0.3) is 0 Å². The van der Waals surface area contributed by atoms with E-state index < -0.39 is 18.2 Å². The molecule has 1 atom stereocenters. The molecule has 2 rings (SSSR count). The Labute approximate surface area is 138 Å². The lowest BCUT2D eigenvalue weighted by atomic mass is 9.94. The molecule has 2 amide bonds. The van der Waals surface area contributed by atoms with E-state index in [9.17, 15) is 24.6 Å². The van der Waals surface area contributed by atoms with Gasteiger partial charge >= 0.3 is 5.97 Å². The maximum Gasteiger partial charge on any atom is 0.327 e. The number of ether oxygens (including phenoxy) is 1. The Bertz CT molecular complexity index is 655. The normalized spacial score (nSPS) is 17.5. The van der Waals surface area contributed by atoms with Crippen LogP contribution in [0.5, 0.6) is 11.5 Å². The number of amides is 2. The van der Waals surface area contributed by atoms with Crippen LogP contribution in [0.25, 0.3) is 0 Å². The molecule has 8 heteroatoms. The van der Waals surface area contributed by atoms with Gasteiger partial charge in [-0.3, -0.25) is 9.59 Å². The molecule has 1 saturated heterocycles. The van der Waals surface area contributed by atoms with Crippen LogP contribution in [0, 0.1) is 0 Å². The fourth-order valence-corrected chi connectivity index (χ4v) is 2.41. The van der Waals surface area contributed by atoms with Gasteiger partial charge in [-0.05, 0) is 31.0 Å². The maximum absolute atomic E-state index is 12.2. The van der Waals surface area contributed by atoms with Crippen LogP contribution in [-0.4, -0.2) is 45.2 Å². The zero-order chi connectivity index (χ0) is 17.9. The van der Waals surface area contributed by atoms with Crippen LogP contribution in [0.1, 0.15) is 31.7 Å². The maximum atomic E-state index is 12.2. The molecule has 1 fully saturated rings. The molecule has 24 heavy (non-hydrogen) atoms. The lowest BCUT2D eigenvalue weighted by Gasteiger charge is -2.27. The number of likely N-dealkylation sites (tertiary alicyclic amines) is 1. The summed E-state index contributed by atoms with van der Waals surface area (Å²) in [4.78, 5) is 36.4. The average molecular weight is 336 g/mol. The van der Waals surface area contributed by atoms with E-state index in [4.69, 9.17) is 10.5 Å². The molecule has 0 bridgehead atoms. The van der Waals surface area contributed by atoms with Crippen LogP contribution in [0.15, 0.2) is 18.2 Å². The molecule has 4 N–H and O–H groups in total. The van der Waals surface area contributed by atoms with Crippen LogP contribution in [0.2, 0.25) is 0 Å². The number of benzene rings is 1. The Morgan fingerprint density at radius 3 is 2.46 bits per heavy atom. The average Bonchev–Trinajstić information content (AvgIpc) is 2.50. The minimum atomic E-state index is -1.43. The topological polar surface area (TPSA) is 130 Å². The number of nitrogens with two attached hydrogens (primary N) is 1. The van der Waals surface area contributed by atoms with Gasteiger partial charge in [-0.15, -0.1) is 0 Å². The number of carbonyl (C=O) groups is 3. The van der Waals surface area contributed by atoms with Crippen molar-refractivity contribution in [3.8, 4) is 11.5 Å². The summed E-state index contributed by atoms with van der Waals surface area (Å²) < 4.78 is 5.02. The van der Waals surface area contributed by atoms with E-state index in [1.807, 2.05) is 0 Å².